The summed E-state index contributed by atoms with van der Waals surface area (Å²) in [6.45, 7) is 8.09. The van der Waals surface area contributed by atoms with Gasteiger partial charge in [-0.05, 0) is 57.7 Å². The van der Waals surface area contributed by atoms with E-state index in [1.807, 2.05) is 39.8 Å². The molecule has 0 amide bonds. The van der Waals surface area contributed by atoms with Crippen molar-refractivity contribution < 1.29 is 8.42 Å². The molecular weight excluding hydrogens is 272 g/mol. The van der Waals surface area contributed by atoms with Gasteiger partial charge < -0.3 is 5.32 Å². The van der Waals surface area contributed by atoms with E-state index in [-0.39, 0.29) is 0 Å². The fourth-order valence-corrected chi connectivity index (χ4v) is 3.77. The van der Waals surface area contributed by atoms with Crippen LogP contribution in [0.1, 0.15) is 44.7 Å². The van der Waals surface area contributed by atoms with Crippen molar-refractivity contribution >= 4 is 10.0 Å². The van der Waals surface area contributed by atoms with Gasteiger partial charge in [0.1, 0.15) is 0 Å². The molecule has 1 fully saturated rings. The van der Waals surface area contributed by atoms with Crippen molar-refractivity contribution in [2.75, 3.05) is 0 Å². The number of aryl methyl sites for hydroxylation is 1. The lowest BCUT2D eigenvalue weighted by Gasteiger charge is -2.21. The third kappa shape index (κ3) is 4.30. The highest BCUT2D eigenvalue weighted by molar-refractivity contribution is 7.89. The van der Waals surface area contributed by atoms with Crippen LogP contribution in [0.3, 0.4) is 0 Å². The van der Waals surface area contributed by atoms with Crippen LogP contribution in [0.15, 0.2) is 23.1 Å². The van der Waals surface area contributed by atoms with E-state index in [2.05, 4.69) is 10.0 Å². The van der Waals surface area contributed by atoms with Crippen molar-refractivity contribution in [1.29, 1.82) is 0 Å². The van der Waals surface area contributed by atoms with Crippen molar-refractivity contribution in [1.82, 2.24) is 10.0 Å². The van der Waals surface area contributed by atoms with Gasteiger partial charge in [0.15, 0.2) is 0 Å². The third-order valence-electron chi connectivity index (χ3n) is 3.15. The van der Waals surface area contributed by atoms with Gasteiger partial charge in [0.25, 0.3) is 0 Å². The molecule has 0 saturated heterocycles. The number of benzene rings is 1. The summed E-state index contributed by atoms with van der Waals surface area (Å²) in [5.74, 6) is 0. The maximum atomic E-state index is 12.4. The molecule has 4 nitrogen and oxygen atoms in total. The first-order chi connectivity index (χ1) is 9.17. The second-order valence-electron chi connectivity index (χ2n) is 6.61. The zero-order valence-electron chi connectivity index (χ0n) is 12.7. The Morgan fingerprint density at radius 2 is 1.90 bits per heavy atom. The number of hydrogen-bond acceptors (Lipinski definition) is 3. The molecular formula is C15H24N2O2S. The average Bonchev–Trinajstić information content (AvgIpc) is 3.08. The minimum atomic E-state index is -3.47. The van der Waals surface area contributed by atoms with Crippen LogP contribution in [-0.4, -0.2) is 20.0 Å². The Hall–Kier alpha value is -0.910. The molecule has 1 aliphatic carbocycles. The van der Waals surface area contributed by atoms with Gasteiger partial charge in [-0.25, -0.2) is 13.1 Å². The Labute approximate surface area is 122 Å². The predicted molar refractivity (Wildman–Crippen MR) is 81.1 cm³/mol. The molecule has 20 heavy (non-hydrogen) atoms. The first-order valence-corrected chi connectivity index (χ1v) is 8.53. The third-order valence-corrected chi connectivity index (χ3v) is 5.05. The Morgan fingerprint density at radius 1 is 1.25 bits per heavy atom. The summed E-state index contributed by atoms with van der Waals surface area (Å²) in [6.07, 6.45) is 2.45. The highest BCUT2D eigenvalue weighted by atomic mass is 32.2. The van der Waals surface area contributed by atoms with E-state index in [1.165, 1.54) is 12.8 Å². The maximum Gasteiger partial charge on any atom is 0.241 e. The van der Waals surface area contributed by atoms with Crippen LogP contribution in [0.2, 0.25) is 0 Å². The van der Waals surface area contributed by atoms with Gasteiger partial charge in [-0.1, -0.05) is 12.1 Å². The molecule has 1 saturated carbocycles. The molecule has 0 radical (unpaired) electrons. The standard InChI is InChI=1S/C15H24N2O2S/c1-11-5-6-12(10-16-13-7-8-13)9-14(11)20(18,19)17-15(2,3)4/h5-6,9,13,16-17H,7-8,10H2,1-4H3. The smallest absolute Gasteiger partial charge is 0.241 e. The summed E-state index contributed by atoms with van der Waals surface area (Å²) in [5.41, 5.74) is 1.31. The normalized spacial score (nSPS) is 16.4. The molecule has 2 rings (SSSR count). The van der Waals surface area contributed by atoms with E-state index in [0.717, 1.165) is 17.7 Å². The van der Waals surface area contributed by atoms with E-state index < -0.39 is 15.6 Å². The number of sulfonamides is 1. The molecule has 0 aromatic heterocycles. The first kappa shape index (κ1) is 15.5. The Kier molecular flexibility index (Phi) is 4.23. The molecule has 1 aromatic carbocycles. The first-order valence-electron chi connectivity index (χ1n) is 7.04. The predicted octanol–water partition coefficient (Wildman–Crippen LogP) is 2.32. The summed E-state index contributed by atoms with van der Waals surface area (Å²) < 4.78 is 27.6. The fraction of sp³-hybridized carbons (Fsp3) is 0.600. The number of rotatable bonds is 5. The van der Waals surface area contributed by atoms with Crippen molar-refractivity contribution in [2.45, 2.75) is 63.6 Å². The summed E-state index contributed by atoms with van der Waals surface area (Å²) in [6, 6.07) is 6.25. The van der Waals surface area contributed by atoms with Crippen molar-refractivity contribution in [3.05, 3.63) is 29.3 Å². The van der Waals surface area contributed by atoms with Gasteiger partial charge in [0.2, 0.25) is 10.0 Å². The molecule has 0 aliphatic heterocycles. The van der Waals surface area contributed by atoms with Crippen LogP contribution in [0, 0.1) is 6.92 Å². The quantitative estimate of drug-likeness (QED) is 0.876. The topological polar surface area (TPSA) is 58.2 Å². The Bertz CT molecular complexity index is 584. The molecule has 2 N–H and O–H groups in total. The van der Waals surface area contributed by atoms with Gasteiger partial charge >= 0.3 is 0 Å². The second-order valence-corrected chi connectivity index (χ2v) is 8.26. The van der Waals surface area contributed by atoms with Gasteiger partial charge in [0, 0.05) is 18.1 Å². The van der Waals surface area contributed by atoms with E-state index in [1.54, 1.807) is 6.07 Å². The van der Waals surface area contributed by atoms with E-state index >= 15 is 0 Å². The SMILES string of the molecule is Cc1ccc(CNC2CC2)cc1S(=O)(=O)NC(C)(C)C. The van der Waals surface area contributed by atoms with Crippen LogP contribution in [0.25, 0.3) is 0 Å². The van der Waals surface area contributed by atoms with Crippen LogP contribution in [-0.2, 0) is 16.6 Å². The van der Waals surface area contributed by atoms with Gasteiger partial charge in [0.05, 0.1) is 4.90 Å². The van der Waals surface area contributed by atoms with Crippen molar-refractivity contribution in [3.8, 4) is 0 Å². The molecule has 0 heterocycles. The molecule has 1 aliphatic rings. The lowest BCUT2D eigenvalue weighted by atomic mass is 10.1. The summed E-state index contributed by atoms with van der Waals surface area (Å²) in [5, 5.41) is 3.40. The highest BCUT2D eigenvalue weighted by Crippen LogP contribution is 2.22. The molecule has 0 unspecified atom stereocenters. The minimum Gasteiger partial charge on any atom is -0.310 e. The lowest BCUT2D eigenvalue weighted by molar-refractivity contribution is 0.491. The number of nitrogens with one attached hydrogen (secondary N) is 2. The zero-order chi connectivity index (χ0) is 15.0. The van der Waals surface area contributed by atoms with Crippen LogP contribution < -0.4 is 10.0 Å². The van der Waals surface area contributed by atoms with E-state index in [0.29, 0.717) is 10.9 Å². The van der Waals surface area contributed by atoms with Gasteiger partial charge in [-0.3, -0.25) is 0 Å². The maximum absolute atomic E-state index is 12.4. The molecule has 5 heteroatoms. The summed E-state index contributed by atoms with van der Waals surface area (Å²) in [7, 11) is -3.47. The second kappa shape index (κ2) is 5.47. The Balaban J connectivity index is 2.22. The van der Waals surface area contributed by atoms with E-state index in [9.17, 15) is 8.42 Å². The Morgan fingerprint density at radius 3 is 2.45 bits per heavy atom. The lowest BCUT2D eigenvalue weighted by Crippen LogP contribution is -2.40. The largest absolute Gasteiger partial charge is 0.310 e. The van der Waals surface area contributed by atoms with Crippen molar-refractivity contribution in [2.24, 2.45) is 0 Å². The van der Waals surface area contributed by atoms with Crippen molar-refractivity contribution in [3.63, 3.8) is 0 Å². The van der Waals surface area contributed by atoms with E-state index in [4.69, 9.17) is 0 Å². The summed E-state index contributed by atoms with van der Waals surface area (Å²) >= 11 is 0. The number of hydrogen-bond donors (Lipinski definition) is 2. The molecule has 0 atom stereocenters. The molecule has 0 bridgehead atoms. The molecule has 112 valence electrons. The van der Waals surface area contributed by atoms with Crippen LogP contribution in [0.5, 0.6) is 0 Å². The summed E-state index contributed by atoms with van der Waals surface area (Å²) in [4.78, 5) is 0.377. The highest BCUT2D eigenvalue weighted by Gasteiger charge is 2.24. The minimum absolute atomic E-state index is 0.377. The monoisotopic (exact) mass is 296 g/mol. The van der Waals surface area contributed by atoms with Gasteiger partial charge in [-0.15, -0.1) is 0 Å². The molecule has 1 aromatic rings. The molecule has 0 spiro atoms. The zero-order valence-corrected chi connectivity index (χ0v) is 13.5. The average molecular weight is 296 g/mol. The fourth-order valence-electron chi connectivity index (χ4n) is 2.05. The van der Waals surface area contributed by atoms with Gasteiger partial charge in [-0.2, -0.15) is 0 Å². The van der Waals surface area contributed by atoms with Crippen LogP contribution in [0.4, 0.5) is 0 Å². The van der Waals surface area contributed by atoms with Crippen LogP contribution >= 0.6 is 0 Å².